The summed E-state index contributed by atoms with van der Waals surface area (Å²) in [6, 6.07) is 22.2. The molecule has 0 radical (unpaired) electrons. The van der Waals surface area contributed by atoms with Crippen LogP contribution in [0.5, 0.6) is 5.75 Å². The van der Waals surface area contributed by atoms with Crippen molar-refractivity contribution in [2.45, 2.75) is 38.7 Å². The minimum Gasteiger partial charge on any atom is -0.429 e. The Morgan fingerprint density at radius 2 is 1.14 bits per heavy atom. The molecule has 0 atom stereocenters. The molecule has 0 aromatic heterocycles. The fourth-order valence-electron chi connectivity index (χ4n) is 5.00. The summed E-state index contributed by atoms with van der Waals surface area (Å²) in [7, 11) is 0. The van der Waals surface area contributed by atoms with Crippen LogP contribution in [0.3, 0.4) is 0 Å². The molecule has 5 rings (SSSR count). The maximum Gasteiger partial charge on any atom is 0.432 e. The molecule has 0 saturated carbocycles. The van der Waals surface area contributed by atoms with Crippen LogP contribution in [-0.2, 0) is 12.5 Å². The van der Waals surface area contributed by atoms with E-state index in [1.54, 1.807) is 18.2 Å². The quantitative estimate of drug-likeness (QED) is 0.111. The van der Waals surface area contributed by atoms with Gasteiger partial charge in [0.15, 0.2) is 0 Å². The maximum atomic E-state index is 15.1. The van der Waals surface area contributed by atoms with E-state index in [-0.39, 0.29) is 16.7 Å². The summed E-state index contributed by atoms with van der Waals surface area (Å²) in [5.74, 6) is -5.61. The van der Waals surface area contributed by atoms with Gasteiger partial charge in [-0.3, -0.25) is 0 Å². The van der Waals surface area contributed by atoms with Crippen molar-refractivity contribution in [1.29, 1.82) is 0 Å². The number of benzene rings is 5. The Bertz CT molecular complexity index is 1740. The second-order valence-electron chi connectivity index (χ2n) is 10.4. The van der Waals surface area contributed by atoms with E-state index in [0.29, 0.717) is 34.3 Å². The van der Waals surface area contributed by atoms with E-state index < -0.39 is 40.7 Å². The highest BCUT2D eigenvalue weighted by Gasteiger charge is 2.41. The summed E-state index contributed by atoms with van der Waals surface area (Å²) < 4.78 is 94.5. The Morgan fingerprint density at radius 1 is 0.591 bits per heavy atom. The van der Waals surface area contributed by atoms with Gasteiger partial charge in [0.1, 0.15) is 34.6 Å². The number of halogens is 7. The number of hydrogen-bond donors (Lipinski definition) is 0. The monoisotopic (exact) mass is 624 g/mol. The van der Waals surface area contributed by atoms with Crippen LogP contribution in [0.25, 0.3) is 33.4 Å². The molecule has 0 aliphatic rings. The zero-order valence-corrected chi connectivity index (χ0v) is 24.4. The predicted octanol–water partition coefficient (Wildman–Crippen LogP) is 11.8. The number of aryl methyl sites for hydroxylation is 1. The van der Waals surface area contributed by atoms with Crippen molar-refractivity contribution in [2.24, 2.45) is 0 Å². The molecule has 0 fully saturated rings. The third-order valence-electron chi connectivity index (χ3n) is 7.31. The maximum absolute atomic E-state index is 15.1. The van der Waals surface area contributed by atoms with Gasteiger partial charge in [0.05, 0.1) is 0 Å². The molecule has 8 heteroatoms. The fourth-order valence-corrected chi connectivity index (χ4v) is 5.13. The minimum atomic E-state index is -4.51. The average Bonchev–Trinajstić information content (AvgIpc) is 2.97. The Labute approximate surface area is 256 Å². The van der Waals surface area contributed by atoms with Gasteiger partial charge >= 0.3 is 6.11 Å². The smallest absolute Gasteiger partial charge is 0.429 e. The highest BCUT2D eigenvalue weighted by atomic mass is 35.5. The first-order valence-corrected chi connectivity index (χ1v) is 14.4. The van der Waals surface area contributed by atoms with Crippen LogP contribution >= 0.6 is 11.6 Å². The molecule has 44 heavy (non-hydrogen) atoms. The zero-order chi connectivity index (χ0) is 31.4. The number of alkyl halides is 2. The van der Waals surface area contributed by atoms with Crippen LogP contribution in [0.4, 0.5) is 26.3 Å². The molecule has 1 nitrogen and oxygen atoms in total. The normalized spacial score (nSPS) is 11.5. The standard InChI is InChI=1S/C36H27ClF6O/c1-2-3-4-5-22-6-8-23(9-7-22)25-12-16-30(31(38)18-25)26-19-33(40)35(34(41)20-26)36(42,43)44-28-15-17-29(32(39)21-28)24-10-13-27(37)14-11-24/h6-21H,2-5H2,1H3. The van der Waals surface area contributed by atoms with Crippen molar-refractivity contribution < 1.29 is 31.1 Å². The van der Waals surface area contributed by atoms with Crippen LogP contribution in [0.1, 0.15) is 37.3 Å². The van der Waals surface area contributed by atoms with E-state index in [1.807, 2.05) is 24.3 Å². The average molecular weight is 625 g/mol. The summed E-state index contributed by atoms with van der Waals surface area (Å²) in [6.07, 6.45) is -0.211. The zero-order valence-electron chi connectivity index (χ0n) is 23.6. The van der Waals surface area contributed by atoms with E-state index in [9.17, 15) is 4.39 Å². The molecule has 0 N–H and O–H groups in total. The lowest BCUT2D eigenvalue weighted by molar-refractivity contribution is -0.189. The van der Waals surface area contributed by atoms with Gasteiger partial charge in [-0.2, -0.15) is 8.78 Å². The van der Waals surface area contributed by atoms with Gasteiger partial charge < -0.3 is 4.74 Å². The van der Waals surface area contributed by atoms with Gasteiger partial charge in [-0.05, 0) is 83.1 Å². The molecule has 0 amide bonds. The van der Waals surface area contributed by atoms with Crippen molar-refractivity contribution in [3.63, 3.8) is 0 Å². The number of rotatable bonds is 10. The van der Waals surface area contributed by atoms with E-state index in [2.05, 4.69) is 11.7 Å². The molecule has 5 aromatic carbocycles. The van der Waals surface area contributed by atoms with Gasteiger partial charge in [-0.1, -0.05) is 79.9 Å². The van der Waals surface area contributed by atoms with E-state index in [1.165, 1.54) is 35.9 Å². The Balaban J connectivity index is 1.35. The molecule has 5 aromatic rings. The minimum absolute atomic E-state index is 0.0894. The third kappa shape index (κ3) is 6.94. The van der Waals surface area contributed by atoms with E-state index >= 15 is 22.0 Å². The van der Waals surface area contributed by atoms with Crippen LogP contribution in [0.2, 0.25) is 5.02 Å². The number of unbranched alkanes of at least 4 members (excludes halogenated alkanes) is 2. The predicted molar refractivity (Wildman–Crippen MR) is 162 cm³/mol. The molecular formula is C36H27ClF6O. The van der Waals surface area contributed by atoms with E-state index in [0.717, 1.165) is 37.3 Å². The molecule has 226 valence electrons. The summed E-state index contributed by atoms with van der Waals surface area (Å²) in [4.78, 5) is 0. The van der Waals surface area contributed by atoms with Gasteiger partial charge in [-0.25, -0.2) is 17.6 Å². The van der Waals surface area contributed by atoms with Crippen molar-refractivity contribution in [1.82, 2.24) is 0 Å². The second-order valence-corrected chi connectivity index (χ2v) is 10.9. The van der Waals surface area contributed by atoms with Gasteiger partial charge in [0.2, 0.25) is 0 Å². The first-order valence-electron chi connectivity index (χ1n) is 14.1. The molecule has 0 spiro atoms. The van der Waals surface area contributed by atoms with Crippen molar-refractivity contribution in [2.75, 3.05) is 0 Å². The van der Waals surface area contributed by atoms with Crippen LogP contribution in [0.15, 0.2) is 97.1 Å². The first kappa shape index (κ1) is 31.2. The Hall–Kier alpha value is -4.23. The third-order valence-corrected chi connectivity index (χ3v) is 7.56. The molecular weight excluding hydrogens is 598 g/mol. The first-order chi connectivity index (χ1) is 21.1. The van der Waals surface area contributed by atoms with Crippen molar-refractivity contribution in [3.05, 3.63) is 136 Å². The largest absolute Gasteiger partial charge is 0.432 e. The van der Waals surface area contributed by atoms with E-state index in [4.69, 9.17) is 11.6 Å². The van der Waals surface area contributed by atoms with Crippen molar-refractivity contribution in [3.8, 4) is 39.1 Å². The second kappa shape index (κ2) is 13.2. The molecule has 0 saturated heterocycles. The highest BCUT2D eigenvalue weighted by molar-refractivity contribution is 6.30. The summed E-state index contributed by atoms with van der Waals surface area (Å²) in [5, 5.41) is 0.433. The highest BCUT2D eigenvalue weighted by Crippen LogP contribution is 2.39. The number of ether oxygens (including phenoxy) is 1. The SMILES string of the molecule is CCCCCc1ccc(-c2ccc(-c3cc(F)c(C(F)(F)Oc4ccc(-c5ccc(Cl)cc5)c(F)c4)c(F)c3)c(F)c2)cc1. The van der Waals surface area contributed by atoms with Crippen LogP contribution < -0.4 is 4.74 Å². The molecule has 0 aliphatic carbocycles. The Kier molecular flexibility index (Phi) is 9.35. The topological polar surface area (TPSA) is 9.23 Å². The molecule has 0 bridgehead atoms. The van der Waals surface area contributed by atoms with Gasteiger partial charge in [0.25, 0.3) is 0 Å². The van der Waals surface area contributed by atoms with Crippen molar-refractivity contribution >= 4 is 11.6 Å². The fraction of sp³-hybridized carbons (Fsp3) is 0.167. The Morgan fingerprint density at radius 3 is 1.75 bits per heavy atom. The summed E-state index contributed by atoms with van der Waals surface area (Å²) in [5.41, 5.74) is 0.896. The van der Waals surface area contributed by atoms with Gasteiger partial charge in [-0.15, -0.1) is 0 Å². The van der Waals surface area contributed by atoms with Crippen LogP contribution in [0, 0.1) is 23.3 Å². The molecule has 0 aliphatic heterocycles. The lowest BCUT2D eigenvalue weighted by Gasteiger charge is -2.20. The van der Waals surface area contributed by atoms with Gasteiger partial charge in [0, 0.05) is 22.2 Å². The summed E-state index contributed by atoms with van der Waals surface area (Å²) >= 11 is 5.84. The molecule has 0 heterocycles. The molecule has 0 unspecified atom stereocenters. The lowest BCUT2D eigenvalue weighted by Crippen LogP contribution is -2.25. The number of hydrogen-bond acceptors (Lipinski definition) is 1. The summed E-state index contributed by atoms with van der Waals surface area (Å²) in [6.45, 7) is 2.14. The van der Waals surface area contributed by atoms with Crippen LogP contribution in [-0.4, -0.2) is 0 Å². The lowest BCUT2D eigenvalue weighted by atomic mass is 9.97.